The highest BCUT2D eigenvalue weighted by molar-refractivity contribution is 7.92. The molecule has 8 heteroatoms. The lowest BCUT2D eigenvalue weighted by molar-refractivity contribution is -0.125. The molecule has 0 spiro atoms. The van der Waals surface area contributed by atoms with Crippen LogP contribution in [0.2, 0.25) is 0 Å². The number of carbonyl (C=O) groups is 2. The lowest BCUT2D eigenvalue weighted by atomic mass is 10.1. The Labute approximate surface area is 190 Å². The van der Waals surface area contributed by atoms with E-state index in [0.29, 0.717) is 29.8 Å². The summed E-state index contributed by atoms with van der Waals surface area (Å²) in [5.41, 5.74) is 2.27. The molecule has 0 aliphatic carbocycles. The van der Waals surface area contributed by atoms with Gasteiger partial charge in [0.15, 0.2) is 0 Å². The zero-order chi connectivity index (χ0) is 23.5. The topological polar surface area (TPSA) is 95.6 Å². The number of anilines is 1. The van der Waals surface area contributed by atoms with Gasteiger partial charge in [0.2, 0.25) is 5.91 Å². The van der Waals surface area contributed by atoms with E-state index in [9.17, 15) is 18.0 Å². The Kier molecular flexibility index (Phi) is 7.23. The number of carbonyl (C=O) groups excluding carboxylic acids is 2. The van der Waals surface area contributed by atoms with Gasteiger partial charge >= 0.3 is 0 Å². The monoisotopic (exact) mass is 457 g/mol. The van der Waals surface area contributed by atoms with Gasteiger partial charge in [-0.3, -0.25) is 14.3 Å². The highest BCUT2D eigenvalue weighted by Gasteiger charge is 2.35. The third-order valence-corrected chi connectivity index (χ3v) is 7.34. The minimum atomic E-state index is -3.80. The average Bonchev–Trinajstić information content (AvgIpc) is 3.22. The smallest absolute Gasteiger partial charge is 0.262 e. The van der Waals surface area contributed by atoms with Crippen LogP contribution >= 0.6 is 0 Å². The second-order valence-electron chi connectivity index (χ2n) is 8.43. The van der Waals surface area contributed by atoms with E-state index in [1.54, 1.807) is 42.2 Å². The Bertz CT molecular complexity index is 1110. The third kappa shape index (κ3) is 5.30. The van der Waals surface area contributed by atoms with Gasteiger partial charge in [-0.15, -0.1) is 0 Å². The molecule has 2 amide bonds. The van der Waals surface area contributed by atoms with Gasteiger partial charge in [0.05, 0.1) is 4.90 Å². The maximum atomic E-state index is 13.2. The first kappa shape index (κ1) is 23.8. The average molecular weight is 458 g/mol. The first-order valence-corrected chi connectivity index (χ1v) is 12.4. The number of nitrogens with zero attached hydrogens (tertiary/aromatic N) is 1. The quantitative estimate of drug-likeness (QED) is 0.664. The molecular weight excluding hydrogens is 426 g/mol. The van der Waals surface area contributed by atoms with Gasteiger partial charge in [-0.1, -0.05) is 30.7 Å². The SMILES string of the molecule is CC[C@H](C)NC(=O)[C@H]1CCCN1C(=O)c1cccc(NS(=O)(=O)c2ccc(C)cc2C)c1. The fourth-order valence-electron chi connectivity index (χ4n) is 3.92. The van der Waals surface area contributed by atoms with Crippen LogP contribution in [0.3, 0.4) is 0 Å². The predicted molar refractivity (Wildman–Crippen MR) is 125 cm³/mol. The summed E-state index contributed by atoms with van der Waals surface area (Å²) in [6.07, 6.45) is 2.19. The van der Waals surface area contributed by atoms with Gasteiger partial charge in [-0.2, -0.15) is 0 Å². The Morgan fingerprint density at radius 1 is 1.16 bits per heavy atom. The van der Waals surface area contributed by atoms with E-state index >= 15 is 0 Å². The summed E-state index contributed by atoms with van der Waals surface area (Å²) in [6, 6.07) is 11.1. The molecule has 1 saturated heterocycles. The molecule has 32 heavy (non-hydrogen) atoms. The summed E-state index contributed by atoms with van der Waals surface area (Å²) in [4.78, 5) is 27.6. The van der Waals surface area contributed by atoms with Crippen LogP contribution in [0.15, 0.2) is 47.4 Å². The highest BCUT2D eigenvalue weighted by atomic mass is 32.2. The Morgan fingerprint density at radius 2 is 1.91 bits per heavy atom. The van der Waals surface area contributed by atoms with Crippen molar-refractivity contribution < 1.29 is 18.0 Å². The molecule has 0 bridgehead atoms. The fourth-order valence-corrected chi connectivity index (χ4v) is 5.19. The van der Waals surface area contributed by atoms with Gasteiger partial charge in [0.25, 0.3) is 15.9 Å². The number of nitrogens with one attached hydrogen (secondary N) is 2. The van der Waals surface area contributed by atoms with Gasteiger partial charge in [-0.05, 0) is 69.9 Å². The molecule has 172 valence electrons. The van der Waals surface area contributed by atoms with Gasteiger partial charge in [-0.25, -0.2) is 8.42 Å². The van der Waals surface area contributed by atoms with Crippen molar-refractivity contribution >= 4 is 27.5 Å². The molecule has 7 nitrogen and oxygen atoms in total. The Balaban J connectivity index is 1.79. The van der Waals surface area contributed by atoms with E-state index < -0.39 is 16.1 Å². The maximum Gasteiger partial charge on any atom is 0.262 e. The van der Waals surface area contributed by atoms with Crippen LogP contribution in [0.1, 0.15) is 54.6 Å². The summed E-state index contributed by atoms with van der Waals surface area (Å²) in [5, 5.41) is 2.95. The molecule has 1 aliphatic heterocycles. The van der Waals surface area contributed by atoms with Gasteiger partial charge in [0.1, 0.15) is 6.04 Å². The van der Waals surface area contributed by atoms with Crippen molar-refractivity contribution in [1.29, 1.82) is 0 Å². The third-order valence-electron chi connectivity index (χ3n) is 5.80. The highest BCUT2D eigenvalue weighted by Crippen LogP contribution is 2.24. The summed E-state index contributed by atoms with van der Waals surface area (Å²) < 4.78 is 28.3. The summed E-state index contributed by atoms with van der Waals surface area (Å²) in [7, 11) is -3.80. The second-order valence-corrected chi connectivity index (χ2v) is 10.1. The first-order valence-electron chi connectivity index (χ1n) is 10.9. The largest absolute Gasteiger partial charge is 0.352 e. The minimum absolute atomic E-state index is 0.0445. The van der Waals surface area contributed by atoms with Crippen LogP contribution in [0.25, 0.3) is 0 Å². The van der Waals surface area contributed by atoms with E-state index in [0.717, 1.165) is 18.4 Å². The number of amides is 2. The van der Waals surface area contributed by atoms with E-state index in [1.165, 1.54) is 6.07 Å². The maximum absolute atomic E-state index is 13.2. The lowest BCUT2D eigenvalue weighted by Gasteiger charge is -2.25. The molecule has 2 N–H and O–H groups in total. The van der Waals surface area contributed by atoms with Crippen molar-refractivity contribution in [2.45, 2.75) is 63.9 Å². The normalized spacial score (nSPS) is 17.1. The summed E-state index contributed by atoms with van der Waals surface area (Å²) >= 11 is 0. The zero-order valence-electron chi connectivity index (χ0n) is 19.0. The molecule has 1 aliphatic rings. The van der Waals surface area contributed by atoms with Gasteiger partial charge in [0, 0.05) is 23.8 Å². The Morgan fingerprint density at radius 3 is 2.59 bits per heavy atom. The molecule has 2 aromatic carbocycles. The number of rotatable bonds is 7. The molecule has 0 aromatic heterocycles. The summed E-state index contributed by atoms with van der Waals surface area (Å²) in [5.74, 6) is -0.420. The molecule has 1 heterocycles. The van der Waals surface area contributed by atoms with Crippen molar-refractivity contribution in [3.8, 4) is 0 Å². The van der Waals surface area contributed by atoms with Crippen LogP contribution in [-0.4, -0.2) is 43.8 Å². The van der Waals surface area contributed by atoms with Crippen molar-refractivity contribution in [2.24, 2.45) is 0 Å². The molecule has 2 atom stereocenters. The van der Waals surface area contributed by atoms with Crippen molar-refractivity contribution in [3.63, 3.8) is 0 Å². The second kappa shape index (κ2) is 9.73. The summed E-state index contributed by atoms with van der Waals surface area (Å²) in [6.45, 7) is 8.08. The van der Waals surface area contributed by atoms with Crippen LogP contribution in [0, 0.1) is 13.8 Å². The molecule has 2 aromatic rings. The van der Waals surface area contributed by atoms with Crippen LogP contribution in [-0.2, 0) is 14.8 Å². The van der Waals surface area contributed by atoms with E-state index in [2.05, 4.69) is 10.0 Å². The van der Waals surface area contributed by atoms with Crippen molar-refractivity contribution in [3.05, 3.63) is 59.2 Å². The first-order chi connectivity index (χ1) is 15.1. The van der Waals surface area contributed by atoms with E-state index in [4.69, 9.17) is 0 Å². The number of likely N-dealkylation sites (tertiary alicyclic amines) is 1. The molecule has 0 radical (unpaired) electrons. The predicted octanol–water partition coefficient (Wildman–Crippen LogP) is 3.62. The molecular formula is C24H31N3O4S. The molecule has 0 saturated carbocycles. The van der Waals surface area contributed by atoms with E-state index in [-0.39, 0.29) is 22.8 Å². The number of benzene rings is 2. The number of hydrogen-bond donors (Lipinski definition) is 2. The Hall–Kier alpha value is -2.87. The van der Waals surface area contributed by atoms with Crippen LogP contribution in [0.5, 0.6) is 0 Å². The zero-order valence-corrected chi connectivity index (χ0v) is 19.8. The standard InChI is InChI=1S/C24H31N3O4S/c1-5-18(4)25-23(28)21-10-7-13-27(21)24(29)19-8-6-9-20(15-19)26-32(30,31)22-12-11-16(2)14-17(22)3/h6,8-9,11-12,14-15,18,21,26H,5,7,10,13H2,1-4H3,(H,25,28)/t18-,21+/m0/s1. The van der Waals surface area contributed by atoms with Crippen LogP contribution in [0.4, 0.5) is 5.69 Å². The lowest BCUT2D eigenvalue weighted by Crippen LogP contribution is -2.48. The fraction of sp³-hybridized carbons (Fsp3) is 0.417. The molecule has 1 fully saturated rings. The van der Waals surface area contributed by atoms with Crippen molar-refractivity contribution in [2.75, 3.05) is 11.3 Å². The molecule has 0 unspecified atom stereocenters. The minimum Gasteiger partial charge on any atom is -0.352 e. The molecule has 3 rings (SSSR count). The van der Waals surface area contributed by atoms with Crippen LogP contribution < -0.4 is 10.0 Å². The van der Waals surface area contributed by atoms with Crippen molar-refractivity contribution in [1.82, 2.24) is 10.2 Å². The number of hydrogen-bond acceptors (Lipinski definition) is 4. The van der Waals surface area contributed by atoms with Gasteiger partial charge < -0.3 is 10.2 Å². The number of aryl methyl sites for hydroxylation is 2. The van der Waals surface area contributed by atoms with E-state index in [1.807, 2.05) is 26.8 Å². The number of sulfonamides is 1.